The monoisotopic (exact) mass is 746 g/mol. The molecule has 2 saturated heterocycles. The van der Waals surface area contributed by atoms with Crippen molar-refractivity contribution < 1.29 is 48.1 Å². The van der Waals surface area contributed by atoms with Crippen LogP contribution in [0.4, 0.5) is 11.6 Å². The number of anilines is 2. The second kappa shape index (κ2) is 15.4. The van der Waals surface area contributed by atoms with E-state index in [0.29, 0.717) is 47.1 Å². The van der Waals surface area contributed by atoms with Gasteiger partial charge in [-0.05, 0) is 0 Å². The van der Waals surface area contributed by atoms with Crippen molar-refractivity contribution in [1.29, 1.82) is 0 Å². The van der Waals surface area contributed by atoms with Crippen molar-refractivity contribution in [3.8, 4) is 0 Å². The minimum absolute atomic E-state index is 0.354. The molecule has 4 aromatic rings. The number of thiol groups is 2. The lowest BCUT2D eigenvalue weighted by atomic mass is 10.1. The van der Waals surface area contributed by atoms with E-state index in [0.717, 1.165) is 0 Å². The Kier molecular flexibility index (Phi) is 11.3. The highest BCUT2D eigenvalue weighted by atomic mass is 32.7. The fraction of sp³-hybridized carbons (Fsp3) is 0.500. The number of rotatable bonds is 14. The summed E-state index contributed by atoms with van der Waals surface area (Å²) in [6.45, 7) is -0.224. The Bertz CT molecular complexity index is 1820. The van der Waals surface area contributed by atoms with Crippen molar-refractivity contribution in [2.75, 3.05) is 36.9 Å². The second-order valence-electron chi connectivity index (χ2n) is 10.5. The van der Waals surface area contributed by atoms with E-state index in [2.05, 4.69) is 65.0 Å². The molecule has 24 heteroatoms. The van der Waals surface area contributed by atoms with E-state index in [1.165, 1.54) is 34.4 Å². The van der Waals surface area contributed by atoms with E-state index < -0.39 is 76.8 Å². The molecular weight excluding hydrogens is 714 g/mol. The molecule has 48 heavy (non-hydrogen) atoms. The molecule has 20 nitrogen and oxygen atoms in total. The van der Waals surface area contributed by atoms with Gasteiger partial charge in [0.25, 0.3) is 0 Å². The molecule has 2 aliphatic heterocycles. The molecule has 0 amide bonds. The maximum atomic E-state index is 11.7. The summed E-state index contributed by atoms with van der Waals surface area (Å²) in [7, 11) is -5.45. The number of aliphatic hydroxyl groups is 4. The Hall–Kier alpha value is -2.72. The van der Waals surface area contributed by atoms with Crippen LogP contribution in [0.2, 0.25) is 0 Å². The van der Waals surface area contributed by atoms with Crippen molar-refractivity contribution in [2.24, 2.45) is 0 Å². The summed E-state index contributed by atoms with van der Waals surface area (Å²) in [5, 5.41) is 46.9. The van der Waals surface area contributed by atoms with Crippen LogP contribution in [0.5, 0.6) is 0 Å². The first-order valence-corrected chi connectivity index (χ1v) is 19.6. The number of aliphatic hydroxyl groups excluding tert-OH is 4. The third kappa shape index (κ3) is 7.11. The smallest absolute Gasteiger partial charge is 0.243 e. The molecule has 0 bridgehead atoms. The largest absolute Gasteiger partial charge is 0.394 e. The highest BCUT2D eigenvalue weighted by Crippen LogP contribution is 2.42. The van der Waals surface area contributed by atoms with Gasteiger partial charge >= 0.3 is 0 Å². The minimum atomic E-state index is -2.74. The van der Waals surface area contributed by atoms with Gasteiger partial charge in [0.05, 0.1) is 25.9 Å². The number of fused-ring (bicyclic) bond motifs is 2. The van der Waals surface area contributed by atoms with Gasteiger partial charge in [-0.1, -0.05) is 36.6 Å². The molecule has 0 spiro atoms. The van der Waals surface area contributed by atoms with Crippen molar-refractivity contribution in [2.45, 2.75) is 49.1 Å². The molecule has 4 unspecified atom stereocenters. The van der Waals surface area contributed by atoms with Gasteiger partial charge in [-0.25, -0.2) is 29.9 Å². The molecule has 0 aliphatic carbocycles. The zero-order valence-corrected chi connectivity index (χ0v) is 28.4. The SMILES string of the molecule is O=[PH](S)OC1[C@H](n2cnc3c(NC/C=C/CNc4ncnc5c4ncn5[C@@H]4OC(CO)[C@@H](O[PH](=O)S)[C@H]4O)ncnc32)O[C@H](CO)[C@H]1O. The van der Waals surface area contributed by atoms with Gasteiger partial charge in [0.1, 0.15) is 49.3 Å². The van der Waals surface area contributed by atoms with Gasteiger partial charge in [-0.3, -0.25) is 18.3 Å². The highest BCUT2D eigenvalue weighted by Gasteiger charge is 2.47. The summed E-state index contributed by atoms with van der Waals surface area (Å²) in [6.07, 6.45) is 0.673. The van der Waals surface area contributed by atoms with Crippen LogP contribution in [0.1, 0.15) is 12.5 Å². The van der Waals surface area contributed by atoms with E-state index in [-0.39, 0.29) is 0 Å². The van der Waals surface area contributed by atoms with Crippen LogP contribution >= 0.6 is 39.0 Å². The van der Waals surface area contributed by atoms with E-state index in [4.69, 9.17) is 18.5 Å². The maximum absolute atomic E-state index is 11.7. The molecule has 6 rings (SSSR count). The first kappa shape index (κ1) is 35.1. The van der Waals surface area contributed by atoms with Gasteiger partial charge in [0.2, 0.25) is 14.5 Å². The lowest BCUT2D eigenvalue weighted by Crippen LogP contribution is -2.34. The first-order valence-electron chi connectivity index (χ1n) is 14.4. The molecule has 0 aromatic carbocycles. The predicted molar refractivity (Wildman–Crippen MR) is 176 cm³/mol. The van der Waals surface area contributed by atoms with E-state index in [1.807, 2.05) is 12.2 Å². The molecule has 2 fully saturated rings. The number of imidazole rings is 2. The Morgan fingerprint density at radius 2 is 1.25 bits per heavy atom. The van der Waals surface area contributed by atoms with Crippen LogP contribution in [0.3, 0.4) is 0 Å². The molecule has 4 aromatic heterocycles. The Balaban J connectivity index is 1.08. The lowest BCUT2D eigenvalue weighted by molar-refractivity contribution is -0.0502. The molecule has 260 valence electrons. The fourth-order valence-electron chi connectivity index (χ4n) is 5.51. The number of aromatic nitrogens is 8. The first-order chi connectivity index (χ1) is 23.2. The number of nitrogens with one attached hydrogen (secondary N) is 2. The lowest BCUT2D eigenvalue weighted by Gasteiger charge is -2.20. The standard InChI is InChI=1S/C24H32N10O10P2S2/c35-5-11-15(37)18(44-46(40)48)24(41-11)34-10-32-14-20(28-8-30-22(14)34)26-4-2-1-3-25-19-13-21(29-7-27-19)33(9-31-13)23-16(38)17(43-45(39)47)12(6-36)42-23/h1-2,7-12,15-18,23-24,35-38,45-46H,3-6H2,(H,39,47)(H,40,48)(H,25,27,29)(H,26,28,30)/b2-1+/t11-,12?,15-,16-,17-,18?,23-,24-/m1/s1. The van der Waals surface area contributed by atoms with E-state index >= 15 is 0 Å². The third-order valence-corrected chi connectivity index (χ3v) is 9.24. The second-order valence-corrected chi connectivity index (χ2v) is 14.2. The van der Waals surface area contributed by atoms with Crippen LogP contribution in [0.25, 0.3) is 22.3 Å². The van der Waals surface area contributed by atoms with Crippen LogP contribution in [0, 0.1) is 0 Å². The van der Waals surface area contributed by atoms with Gasteiger partial charge in [-0.2, -0.15) is 0 Å². The van der Waals surface area contributed by atoms with Crippen LogP contribution in [-0.4, -0.2) is 122 Å². The topological polar surface area (TPSA) is 263 Å². The van der Waals surface area contributed by atoms with Crippen molar-refractivity contribution in [1.82, 2.24) is 39.0 Å². The molecule has 2 aliphatic rings. The Labute approximate surface area is 283 Å². The van der Waals surface area contributed by atoms with Crippen LogP contribution in [0.15, 0.2) is 37.5 Å². The van der Waals surface area contributed by atoms with Crippen molar-refractivity contribution in [3.05, 3.63) is 37.5 Å². The summed E-state index contributed by atoms with van der Waals surface area (Å²) in [5.41, 5.74) is 1.53. The molecule has 10 atom stereocenters. The number of hydrogen-bond donors (Lipinski definition) is 8. The summed E-state index contributed by atoms with van der Waals surface area (Å²) in [5.74, 6) is 0.845. The number of nitrogens with zero attached hydrogens (tertiary/aromatic N) is 8. The molecule has 0 saturated carbocycles. The molecular formula is C24H32N10O10P2S2. The molecule has 6 heterocycles. The average molecular weight is 747 g/mol. The number of ether oxygens (including phenoxy) is 2. The van der Waals surface area contributed by atoms with Gasteiger partial charge in [-0.15, -0.1) is 0 Å². The van der Waals surface area contributed by atoms with Gasteiger partial charge < -0.3 is 49.6 Å². The summed E-state index contributed by atoms with van der Waals surface area (Å²) in [4.78, 5) is 25.8. The van der Waals surface area contributed by atoms with Crippen LogP contribution in [-0.2, 0) is 27.7 Å². The van der Waals surface area contributed by atoms with Crippen molar-refractivity contribution in [3.63, 3.8) is 0 Å². The predicted octanol–water partition coefficient (Wildman–Crippen LogP) is -0.0432. The fourth-order valence-corrected chi connectivity index (χ4v) is 7.25. The Morgan fingerprint density at radius 3 is 1.77 bits per heavy atom. The molecule has 0 radical (unpaired) electrons. The minimum Gasteiger partial charge on any atom is -0.394 e. The molecule has 6 N–H and O–H groups in total. The number of hydrogen-bond acceptors (Lipinski definition) is 18. The highest BCUT2D eigenvalue weighted by molar-refractivity contribution is 8.39. The maximum Gasteiger partial charge on any atom is 0.243 e. The summed E-state index contributed by atoms with van der Waals surface area (Å²) >= 11 is 7.59. The summed E-state index contributed by atoms with van der Waals surface area (Å²) in [6, 6.07) is 0. The Morgan fingerprint density at radius 1 is 0.750 bits per heavy atom. The average Bonchev–Trinajstić information content (AvgIpc) is 3.83. The van der Waals surface area contributed by atoms with Crippen molar-refractivity contribution >= 4 is 72.9 Å². The zero-order chi connectivity index (χ0) is 33.9. The van der Waals surface area contributed by atoms with Gasteiger partial charge in [0, 0.05) is 13.1 Å². The zero-order valence-electron chi connectivity index (χ0n) is 24.6. The van der Waals surface area contributed by atoms with E-state index in [1.54, 1.807) is 0 Å². The van der Waals surface area contributed by atoms with Crippen LogP contribution < -0.4 is 10.6 Å². The van der Waals surface area contributed by atoms with E-state index in [9.17, 15) is 29.6 Å². The van der Waals surface area contributed by atoms with Gasteiger partial charge in [0.15, 0.2) is 46.4 Å². The third-order valence-electron chi connectivity index (χ3n) is 7.66. The quantitative estimate of drug-likeness (QED) is 0.0478. The normalized spacial score (nSPS) is 28.9. The summed E-state index contributed by atoms with van der Waals surface area (Å²) < 4.78 is 48.3.